The Morgan fingerprint density at radius 3 is 2.13 bits per heavy atom. The molecule has 0 N–H and O–H groups in total. The van der Waals surface area contributed by atoms with Gasteiger partial charge in [0.25, 0.3) is 0 Å². The number of hydrogen-bond acceptors (Lipinski definition) is 4. The first-order valence-corrected chi connectivity index (χ1v) is 6.78. The third-order valence-corrected chi connectivity index (χ3v) is 3.62. The molecule has 1 heterocycles. The van der Waals surface area contributed by atoms with Crippen LogP contribution in [-0.4, -0.2) is 18.8 Å². The second kappa shape index (κ2) is 4.54. The Morgan fingerprint density at radius 1 is 1.27 bits per heavy atom. The summed E-state index contributed by atoms with van der Waals surface area (Å²) >= 11 is 0. The number of hydrogen-bond donors (Lipinski definition) is 0. The average Bonchev–Trinajstić information content (AvgIpc) is 1.97. The first-order valence-electron chi connectivity index (χ1n) is 5.32. The van der Waals surface area contributed by atoms with Crippen molar-refractivity contribution in [2.45, 2.75) is 53.2 Å². The van der Waals surface area contributed by atoms with Crippen LogP contribution in [0.25, 0.3) is 0 Å². The summed E-state index contributed by atoms with van der Waals surface area (Å²) < 4.78 is 27.8. The Bertz CT molecular complexity index is 245. The predicted octanol–water partition coefficient (Wildman–Crippen LogP) is 3.37. The van der Waals surface area contributed by atoms with Crippen LogP contribution in [0.5, 0.6) is 0 Å². The topological polar surface area (TPSA) is 44.8 Å². The van der Waals surface area contributed by atoms with Gasteiger partial charge in [-0.15, -0.1) is 0 Å². The molecule has 0 aromatic rings. The molecule has 0 aromatic heterocycles. The molecule has 1 saturated heterocycles. The van der Waals surface area contributed by atoms with Crippen LogP contribution in [0.2, 0.25) is 0 Å². The van der Waals surface area contributed by atoms with Gasteiger partial charge in [-0.05, 0) is 19.3 Å². The van der Waals surface area contributed by atoms with Crippen molar-refractivity contribution in [1.29, 1.82) is 0 Å². The number of rotatable bonds is 2. The van der Waals surface area contributed by atoms with Gasteiger partial charge in [0.05, 0.1) is 18.8 Å². The fourth-order valence-corrected chi connectivity index (χ4v) is 3.12. The lowest BCUT2D eigenvalue weighted by molar-refractivity contribution is -0.00613. The highest BCUT2D eigenvalue weighted by molar-refractivity contribution is 7.48. The molecule has 0 aromatic carbocycles. The largest absolute Gasteiger partial charge is 0.475 e. The summed E-state index contributed by atoms with van der Waals surface area (Å²) in [6.45, 7) is 10.2. The van der Waals surface area contributed by atoms with Gasteiger partial charge < -0.3 is 0 Å². The Morgan fingerprint density at radius 2 is 1.73 bits per heavy atom. The summed E-state index contributed by atoms with van der Waals surface area (Å²) in [5.41, 5.74) is -0.0476. The van der Waals surface area contributed by atoms with Gasteiger partial charge >= 0.3 is 7.82 Å². The van der Waals surface area contributed by atoms with Crippen molar-refractivity contribution in [2.75, 3.05) is 6.61 Å². The zero-order valence-electron chi connectivity index (χ0n) is 10.1. The van der Waals surface area contributed by atoms with E-state index < -0.39 is 7.82 Å². The molecule has 90 valence electrons. The molecule has 5 heteroatoms. The Kier molecular flexibility index (Phi) is 3.99. The molecule has 2 unspecified atom stereocenters. The van der Waals surface area contributed by atoms with E-state index in [-0.39, 0.29) is 17.6 Å². The van der Waals surface area contributed by atoms with Crippen LogP contribution >= 0.6 is 7.82 Å². The second-order valence-electron chi connectivity index (χ2n) is 5.35. The van der Waals surface area contributed by atoms with E-state index in [1.165, 1.54) is 0 Å². The molecule has 0 saturated carbocycles. The zero-order valence-corrected chi connectivity index (χ0v) is 11.0. The molecule has 0 spiro atoms. The molecule has 0 bridgehead atoms. The smallest absolute Gasteiger partial charge is 0.286 e. The quantitative estimate of drug-likeness (QED) is 0.689. The van der Waals surface area contributed by atoms with Crippen LogP contribution in [0.4, 0.5) is 0 Å². The maximum absolute atomic E-state index is 12.0. The van der Waals surface area contributed by atoms with Crippen molar-refractivity contribution < 1.29 is 18.1 Å². The molecule has 1 aliphatic heterocycles. The second-order valence-corrected chi connectivity index (χ2v) is 6.92. The summed E-state index contributed by atoms with van der Waals surface area (Å²) in [7, 11) is -3.32. The van der Waals surface area contributed by atoms with E-state index in [9.17, 15) is 4.57 Å². The first-order chi connectivity index (χ1) is 6.70. The van der Waals surface area contributed by atoms with Crippen LogP contribution in [0.1, 0.15) is 41.0 Å². The molecular weight excluding hydrogens is 215 g/mol. The van der Waals surface area contributed by atoms with Gasteiger partial charge in [-0.25, -0.2) is 4.57 Å². The van der Waals surface area contributed by atoms with Gasteiger partial charge in [-0.2, -0.15) is 0 Å². The Balaban J connectivity index is 2.55. The lowest BCUT2D eigenvalue weighted by Gasteiger charge is -2.32. The van der Waals surface area contributed by atoms with Gasteiger partial charge in [0.15, 0.2) is 0 Å². The third-order valence-electron chi connectivity index (χ3n) is 1.94. The standard InChI is InChI=1S/C10H21O4P/c1-8-6-9(2)14-15(11,13-8)12-7-10(3,4)5/h8-9H,6-7H2,1-5H3. The molecule has 0 amide bonds. The van der Waals surface area contributed by atoms with Gasteiger partial charge in [-0.3, -0.25) is 13.6 Å². The molecule has 1 fully saturated rings. The van der Waals surface area contributed by atoms with Crippen molar-refractivity contribution in [3.8, 4) is 0 Å². The molecule has 0 radical (unpaired) electrons. The minimum absolute atomic E-state index is 0.0476. The van der Waals surface area contributed by atoms with Gasteiger partial charge in [0.2, 0.25) is 0 Å². The van der Waals surface area contributed by atoms with Crippen molar-refractivity contribution in [3.63, 3.8) is 0 Å². The van der Waals surface area contributed by atoms with Gasteiger partial charge in [0, 0.05) is 6.42 Å². The SMILES string of the molecule is CC1CC(C)OP(=O)(OCC(C)(C)C)O1. The van der Waals surface area contributed by atoms with E-state index in [0.29, 0.717) is 6.61 Å². The van der Waals surface area contributed by atoms with Crippen molar-refractivity contribution in [3.05, 3.63) is 0 Å². The van der Waals surface area contributed by atoms with Crippen LogP contribution in [0, 0.1) is 5.41 Å². The van der Waals surface area contributed by atoms with E-state index in [1.54, 1.807) is 0 Å². The van der Waals surface area contributed by atoms with E-state index in [1.807, 2.05) is 34.6 Å². The first kappa shape index (κ1) is 13.2. The lowest BCUT2D eigenvalue weighted by atomic mass is 9.99. The fraction of sp³-hybridized carbons (Fsp3) is 1.00. The van der Waals surface area contributed by atoms with Crippen molar-refractivity contribution >= 4 is 7.82 Å². The van der Waals surface area contributed by atoms with E-state index in [0.717, 1.165) is 6.42 Å². The van der Waals surface area contributed by atoms with Crippen molar-refractivity contribution in [1.82, 2.24) is 0 Å². The number of phosphoric ester groups is 1. The maximum atomic E-state index is 12.0. The van der Waals surface area contributed by atoms with Crippen molar-refractivity contribution in [2.24, 2.45) is 5.41 Å². The highest BCUT2D eigenvalue weighted by Gasteiger charge is 2.37. The van der Waals surface area contributed by atoms with Gasteiger partial charge in [0.1, 0.15) is 0 Å². The molecule has 0 aliphatic carbocycles. The van der Waals surface area contributed by atoms with Crippen LogP contribution in [-0.2, 0) is 18.1 Å². The Labute approximate surface area is 91.9 Å². The summed E-state index contributed by atoms with van der Waals surface area (Å²) in [6, 6.07) is 0. The van der Waals surface area contributed by atoms with E-state index >= 15 is 0 Å². The molecular formula is C10H21O4P. The van der Waals surface area contributed by atoms with Crippen LogP contribution in [0.3, 0.4) is 0 Å². The third kappa shape index (κ3) is 4.64. The monoisotopic (exact) mass is 236 g/mol. The lowest BCUT2D eigenvalue weighted by Crippen LogP contribution is -2.26. The maximum Gasteiger partial charge on any atom is 0.475 e. The molecule has 1 aliphatic rings. The summed E-state index contributed by atoms with van der Waals surface area (Å²) in [6.07, 6.45) is 0.613. The highest BCUT2D eigenvalue weighted by atomic mass is 31.2. The summed E-state index contributed by atoms with van der Waals surface area (Å²) in [5, 5.41) is 0. The molecule has 2 atom stereocenters. The average molecular weight is 236 g/mol. The minimum atomic E-state index is -3.32. The fourth-order valence-electron chi connectivity index (χ4n) is 1.35. The zero-order chi connectivity index (χ0) is 11.7. The molecule has 1 rings (SSSR count). The molecule has 15 heavy (non-hydrogen) atoms. The van der Waals surface area contributed by atoms with Crippen LogP contribution < -0.4 is 0 Å². The highest BCUT2D eigenvalue weighted by Crippen LogP contribution is 2.55. The molecule has 4 nitrogen and oxygen atoms in total. The summed E-state index contributed by atoms with van der Waals surface area (Å²) in [4.78, 5) is 0. The van der Waals surface area contributed by atoms with Crippen LogP contribution in [0.15, 0.2) is 0 Å². The van der Waals surface area contributed by atoms with Gasteiger partial charge in [-0.1, -0.05) is 20.8 Å². The predicted molar refractivity (Wildman–Crippen MR) is 58.7 cm³/mol. The van der Waals surface area contributed by atoms with E-state index in [4.69, 9.17) is 13.6 Å². The van der Waals surface area contributed by atoms with E-state index in [2.05, 4.69) is 0 Å². The summed E-state index contributed by atoms with van der Waals surface area (Å²) in [5.74, 6) is 0. The minimum Gasteiger partial charge on any atom is -0.286 e. The normalized spacial score (nSPS) is 37.9. The Hall–Kier alpha value is 0.110. The number of phosphoric acid groups is 1.